The molecule has 1 saturated heterocycles. The number of benzene rings is 2. The van der Waals surface area contributed by atoms with Crippen LogP contribution < -0.4 is 0 Å². The first-order chi connectivity index (χ1) is 12.9. The van der Waals surface area contributed by atoms with Crippen molar-refractivity contribution in [1.82, 2.24) is 4.90 Å². The number of halogens is 1. The van der Waals surface area contributed by atoms with Gasteiger partial charge in [0.1, 0.15) is 5.82 Å². The first-order valence-electron chi connectivity index (χ1n) is 9.00. The van der Waals surface area contributed by atoms with E-state index in [1.54, 1.807) is 42.7 Å². The summed E-state index contributed by atoms with van der Waals surface area (Å²) >= 11 is 0. The third-order valence-corrected chi connectivity index (χ3v) is 8.30. The Morgan fingerprint density at radius 3 is 2.19 bits per heavy atom. The molecular formula is C20H24FNO3S2. The minimum atomic E-state index is -3.37. The molecule has 2 aromatic carbocycles. The van der Waals surface area contributed by atoms with E-state index in [0.29, 0.717) is 22.6 Å². The summed E-state index contributed by atoms with van der Waals surface area (Å²) in [6.07, 6.45) is 3.61. The molecule has 3 rings (SSSR count). The zero-order valence-electron chi connectivity index (χ0n) is 15.3. The molecule has 146 valence electrons. The maximum absolute atomic E-state index is 13.0. The molecule has 1 fully saturated rings. The van der Waals surface area contributed by atoms with Crippen molar-refractivity contribution in [2.75, 3.05) is 25.9 Å². The summed E-state index contributed by atoms with van der Waals surface area (Å²) in [7, 11) is -4.48. The summed E-state index contributed by atoms with van der Waals surface area (Å²) in [6, 6.07) is 12.9. The van der Waals surface area contributed by atoms with Crippen molar-refractivity contribution in [3.05, 3.63) is 59.9 Å². The van der Waals surface area contributed by atoms with Gasteiger partial charge in [0.15, 0.2) is 9.84 Å². The molecular weight excluding hydrogens is 385 g/mol. The van der Waals surface area contributed by atoms with Crippen LogP contribution in [0.4, 0.5) is 4.39 Å². The first kappa shape index (κ1) is 20.2. The fourth-order valence-electron chi connectivity index (χ4n) is 3.39. The van der Waals surface area contributed by atoms with Crippen LogP contribution in [0.15, 0.2) is 58.3 Å². The minimum Gasteiger partial charge on any atom is -0.303 e. The summed E-state index contributed by atoms with van der Waals surface area (Å²) in [5.74, 6) is -0.233. The van der Waals surface area contributed by atoms with Crippen LogP contribution >= 0.6 is 0 Å². The third-order valence-electron chi connectivity index (χ3n) is 5.09. The third kappa shape index (κ3) is 5.03. The maximum Gasteiger partial charge on any atom is 0.181 e. The number of sulfone groups is 1. The summed E-state index contributed by atoms with van der Waals surface area (Å²) in [5.41, 5.74) is 1.08. The van der Waals surface area contributed by atoms with E-state index in [0.717, 1.165) is 31.6 Å². The average Bonchev–Trinajstić information content (AvgIpc) is 2.68. The van der Waals surface area contributed by atoms with Crippen molar-refractivity contribution in [2.24, 2.45) is 0 Å². The van der Waals surface area contributed by atoms with E-state index < -0.39 is 20.6 Å². The Morgan fingerprint density at radius 1 is 1.04 bits per heavy atom. The minimum absolute atomic E-state index is 0.233. The SMILES string of the molecule is CS(=O)c1ccc(S(=O)(=O)C2CCN(CCc3ccc(F)cc3)CC2)cc1. The van der Waals surface area contributed by atoms with Crippen molar-refractivity contribution < 1.29 is 17.0 Å². The highest BCUT2D eigenvalue weighted by Crippen LogP contribution is 2.25. The van der Waals surface area contributed by atoms with Gasteiger partial charge >= 0.3 is 0 Å². The second kappa shape index (κ2) is 8.63. The van der Waals surface area contributed by atoms with Gasteiger partial charge in [-0.1, -0.05) is 12.1 Å². The van der Waals surface area contributed by atoms with Gasteiger partial charge in [-0.25, -0.2) is 12.8 Å². The fourth-order valence-corrected chi connectivity index (χ4v) is 5.65. The normalized spacial score (nSPS) is 17.7. The van der Waals surface area contributed by atoms with E-state index in [2.05, 4.69) is 4.90 Å². The van der Waals surface area contributed by atoms with Crippen molar-refractivity contribution in [2.45, 2.75) is 34.3 Å². The molecule has 0 spiro atoms. The molecule has 0 aliphatic carbocycles. The lowest BCUT2D eigenvalue weighted by atomic mass is 10.1. The zero-order chi connectivity index (χ0) is 19.4. The molecule has 0 bridgehead atoms. The quantitative estimate of drug-likeness (QED) is 0.736. The molecule has 27 heavy (non-hydrogen) atoms. The Hall–Kier alpha value is -1.57. The summed E-state index contributed by atoms with van der Waals surface area (Å²) in [5, 5.41) is -0.377. The average molecular weight is 410 g/mol. The van der Waals surface area contributed by atoms with E-state index in [1.165, 1.54) is 12.1 Å². The lowest BCUT2D eigenvalue weighted by molar-refractivity contribution is 0.232. The number of likely N-dealkylation sites (tertiary alicyclic amines) is 1. The Labute approximate surface area is 162 Å². The zero-order valence-corrected chi connectivity index (χ0v) is 16.9. The highest BCUT2D eigenvalue weighted by atomic mass is 32.2. The summed E-state index contributed by atoms with van der Waals surface area (Å²) in [4.78, 5) is 3.20. The van der Waals surface area contributed by atoms with E-state index in [1.807, 2.05) is 0 Å². The molecule has 0 amide bonds. The van der Waals surface area contributed by atoms with Gasteiger partial charge in [0.2, 0.25) is 0 Å². The van der Waals surface area contributed by atoms with Gasteiger partial charge in [0, 0.05) is 28.5 Å². The van der Waals surface area contributed by atoms with Crippen LogP contribution in [0.3, 0.4) is 0 Å². The molecule has 2 aromatic rings. The molecule has 1 unspecified atom stereocenters. The summed E-state index contributed by atoms with van der Waals surface area (Å²) in [6.45, 7) is 2.32. The molecule has 4 nitrogen and oxygen atoms in total. The topological polar surface area (TPSA) is 54.5 Å². The highest BCUT2D eigenvalue weighted by Gasteiger charge is 2.31. The molecule has 7 heteroatoms. The van der Waals surface area contributed by atoms with Gasteiger partial charge in [-0.3, -0.25) is 4.21 Å². The molecule has 0 aromatic heterocycles. The number of piperidine rings is 1. The van der Waals surface area contributed by atoms with E-state index in [9.17, 15) is 17.0 Å². The Kier molecular flexibility index (Phi) is 6.44. The van der Waals surface area contributed by atoms with Gasteiger partial charge in [0.05, 0.1) is 10.1 Å². The molecule has 1 atom stereocenters. The van der Waals surface area contributed by atoms with Crippen LogP contribution in [-0.4, -0.2) is 48.7 Å². The molecule has 0 N–H and O–H groups in total. The van der Waals surface area contributed by atoms with Crippen LogP contribution in [0.25, 0.3) is 0 Å². The molecule has 1 aliphatic heterocycles. The fraction of sp³-hybridized carbons (Fsp3) is 0.400. The first-order valence-corrected chi connectivity index (χ1v) is 12.1. The molecule has 0 saturated carbocycles. The molecule has 1 heterocycles. The second-order valence-corrected chi connectivity index (χ2v) is 10.5. The Bertz CT molecular complexity index is 888. The van der Waals surface area contributed by atoms with Gasteiger partial charge in [0.25, 0.3) is 0 Å². The maximum atomic E-state index is 13.0. The van der Waals surface area contributed by atoms with Crippen LogP contribution in [0.1, 0.15) is 18.4 Å². The van der Waals surface area contributed by atoms with Crippen molar-refractivity contribution in [1.29, 1.82) is 0 Å². The predicted octanol–water partition coefficient (Wildman–Crippen LogP) is 3.04. The number of hydrogen-bond acceptors (Lipinski definition) is 4. The monoisotopic (exact) mass is 409 g/mol. The molecule has 1 aliphatic rings. The predicted molar refractivity (Wildman–Crippen MR) is 106 cm³/mol. The standard InChI is InChI=1S/C20H24FNO3S2/c1-26(23)18-6-8-19(9-7-18)27(24,25)20-11-14-22(15-12-20)13-10-16-2-4-17(21)5-3-16/h2-9,20H,10-15H2,1H3. The van der Waals surface area contributed by atoms with Crippen molar-refractivity contribution >= 4 is 20.6 Å². The van der Waals surface area contributed by atoms with Gasteiger partial charge in [-0.15, -0.1) is 0 Å². The lowest BCUT2D eigenvalue weighted by Crippen LogP contribution is -2.40. The van der Waals surface area contributed by atoms with Crippen LogP contribution in [0, 0.1) is 5.82 Å². The Balaban J connectivity index is 1.56. The number of nitrogens with zero attached hydrogens (tertiary/aromatic N) is 1. The highest BCUT2D eigenvalue weighted by molar-refractivity contribution is 7.92. The largest absolute Gasteiger partial charge is 0.303 e. The van der Waals surface area contributed by atoms with Gasteiger partial charge in [-0.2, -0.15) is 0 Å². The van der Waals surface area contributed by atoms with Crippen molar-refractivity contribution in [3.63, 3.8) is 0 Å². The van der Waals surface area contributed by atoms with E-state index in [4.69, 9.17) is 0 Å². The van der Waals surface area contributed by atoms with E-state index >= 15 is 0 Å². The van der Waals surface area contributed by atoms with Gasteiger partial charge in [-0.05, 0) is 74.3 Å². The summed E-state index contributed by atoms with van der Waals surface area (Å²) < 4.78 is 50.1. The van der Waals surface area contributed by atoms with Crippen LogP contribution in [0.5, 0.6) is 0 Å². The van der Waals surface area contributed by atoms with Crippen LogP contribution in [-0.2, 0) is 27.1 Å². The van der Waals surface area contributed by atoms with Crippen LogP contribution in [0.2, 0.25) is 0 Å². The van der Waals surface area contributed by atoms with Gasteiger partial charge < -0.3 is 4.90 Å². The number of rotatable bonds is 6. The lowest BCUT2D eigenvalue weighted by Gasteiger charge is -2.31. The Morgan fingerprint density at radius 2 is 1.63 bits per heavy atom. The second-order valence-electron chi connectivity index (χ2n) is 6.89. The van der Waals surface area contributed by atoms with E-state index in [-0.39, 0.29) is 11.1 Å². The molecule has 0 radical (unpaired) electrons. The number of hydrogen-bond donors (Lipinski definition) is 0. The van der Waals surface area contributed by atoms with Crippen molar-refractivity contribution in [3.8, 4) is 0 Å². The smallest absolute Gasteiger partial charge is 0.181 e.